The fourth-order valence-electron chi connectivity index (χ4n) is 5.00. The van der Waals surface area contributed by atoms with Gasteiger partial charge in [-0.25, -0.2) is 4.57 Å². The predicted molar refractivity (Wildman–Crippen MR) is 244 cm³/mol. The van der Waals surface area contributed by atoms with Crippen molar-refractivity contribution in [1.29, 1.82) is 0 Å². The quantitative estimate of drug-likeness (QED) is 0.0206. The summed E-state index contributed by atoms with van der Waals surface area (Å²) in [5.41, 5.74) is 0. The molecule has 0 bridgehead atoms. The van der Waals surface area contributed by atoms with Gasteiger partial charge in [-0.3, -0.25) is 18.6 Å². The fraction of sp³-hybridized carbons (Fsp3) is 0.583. The summed E-state index contributed by atoms with van der Waals surface area (Å²) in [5.74, 6) is -0.967. The average Bonchev–Trinajstić information content (AvgIpc) is 3.18. The number of esters is 2. The van der Waals surface area contributed by atoms with E-state index in [2.05, 4.69) is 98.9 Å². The summed E-state index contributed by atoms with van der Waals surface area (Å²) < 4.78 is 34.1. The van der Waals surface area contributed by atoms with E-state index in [1.165, 1.54) is 0 Å². The van der Waals surface area contributed by atoms with Gasteiger partial charge in [-0.1, -0.05) is 130 Å². The lowest BCUT2D eigenvalue weighted by Crippen LogP contribution is -2.37. The molecule has 0 aliphatic heterocycles. The summed E-state index contributed by atoms with van der Waals surface area (Å²) in [4.78, 5) is 35.3. The SMILES string of the molecule is CC/C=C\C/C=C\C/C=C\C/C=C\C/C=C\CCCC(=O)OC[C@H](COP(=O)(O)OCC[N+](C)(C)C)OC(=O)CCC/C=C\C/C=C\C/C=C\C/C=C\CC(O)CCC. The van der Waals surface area contributed by atoms with E-state index >= 15 is 0 Å². The number of hydrogen-bond donors (Lipinski definition) is 2. The lowest BCUT2D eigenvalue weighted by atomic mass is 10.1. The maximum atomic E-state index is 12.7. The number of allylic oxidation sites excluding steroid dienone is 17. The number of phosphoric acid groups is 1. The first-order chi connectivity index (χ1) is 28.4. The molecule has 0 aliphatic carbocycles. The van der Waals surface area contributed by atoms with Crippen molar-refractivity contribution in [2.45, 2.75) is 135 Å². The standard InChI is InChI=1S/C48H78NO9P/c1-6-8-9-10-11-12-13-14-15-16-17-20-23-26-29-32-35-39-47(51)55-43-46(44-57-59(53,54)56-42-41-49(3,4)5)58-48(52)40-36-33-30-27-24-21-18-19-22-25-28-31-34-38-45(50)37-7-2/h8-9,11-12,14-15,17-18,20-22,25-27,29-31,34,45-46,50H,6-7,10,13,16,19,23-24,28,32-33,35-44H2,1-5H3/p+1/b9-8-,12-11-,15-14-,20-17-,21-18-,25-22-,29-26-,30-27-,34-31-/t45?,46-/m1/s1. The number of ether oxygens (including phenoxy) is 2. The van der Waals surface area contributed by atoms with E-state index in [1.807, 2.05) is 45.4 Å². The van der Waals surface area contributed by atoms with Gasteiger partial charge in [0.25, 0.3) is 0 Å². The highest BCUT2D eigenvalue weighted by molar-refractivity contribution is 7.47. The highest BCUT2D eigenvalue weighted by Crippen LogP contribution is 2.43. The molecular formula is C48H79NO9P+. The first-order valence-electron chi connectivity index (χ1n) is 21.7. The van der Waals surface area contributed by atoms with E-state index in [1.54, 1.807) is 0 Å². The summed E-state index contributed by atoms with van der Waals surface area (Å²) >= 11 is 0. The number of hydrogen-bond acceptors (Lipinski definition) is 8. The predicted octanol–water partition coefficient (Wildman–Crippen LogP) is 11.3. The number of carbonyl (C=O) groups is 2. The minimum Gasteiger partial charge on any atom is -0.462 e. The Morgan fingerprint density at radius 1 is 0.610 bits per heavy atom. The number of rotatable bonds is 37. The molecule has 0 aromatic heterocycles. The first-order valence-corrected chi connectivity index (χ1v) is 23.2. The van der Waals surface area contributed by atoms with Crippen molar-refractivity contribution in [3.05, 3.63) is 109 Å². The number of phosphoric ester groups is 1. The number of aliphatic hydroxyl groups excluding tert-OH is 1. The Bertz CT molecular complexity index is 1380. The molecule has 334 valence electrons. The smallest absolute Gasteiger partial charge is 0.462 e. The van der Waals surface area contributed by atoms with Crippen molar-refractivity contribution in [1.82, 2.24) is 0 Å². The molecule has 0 heterocycles. The Hall–Kier alpha value is -3.37. The Morgan fingerprint density at radius 2 is 1.05 bits per heavy atom. The maximum Gasteiger partial charge on any atom is 0.472 e. The zero-order valence-corrected chi connectivity index (χ0v) is 37.9. The minimum atomic E-state index is -4.42. The van der Waals surface area contributed by atoms with Gasteiger partial charge < -0.3 is 24.0 Å². The van der Waals surface area contributed by atoms with Crippen molar-refractivity contribution < 1.29 is 47.2 Å². The molecule has 10 nitrogen and oxygen atoms in total. The van der Waals surface area contributed by atoms with Crippen LogP contribution in [0.4, 0.5) is 0 Å². The normalized spacial score (nSPS) is 15.2. The second kappa shape index (κ2) is 38.8. The zero-order chi connectivity index (χ0) is 43.7. The molecule has 0 radical (unpaired) electrons. The Kier molecular flexibility index (Phi) is 36.6. The van der Waals surface area contributed by atoms with Crippen LogP contribution in [-0.2, 0) is 32.7 Å². The lowest BCUT2D eigenvalue weighted by Gasteiger charge is -2.24. The number of quaternary nitrogens is 1. The van der Waals surface area contributed by atoms with Gasteiger partial charge in [0.1, 0.15) is 19.8 Å². The van der Waals surface area contributed by atoms with Crippen LogP contribution in [0.5, 0.6) is 0 Å². The Balaban J connectivity index is 4.61. The molecule has 0 aromatic carbocycles. The van der Waals surface area contributed by atoms with E-state index in [9.17, 15) is 24.2 Å². The van der Waals surface area contributed by atoms with Crippen molar-refractivity contribution in [3.8, 4) is 0 Å². The van der Waals surface area contributed by atoms with Crippen LogP contribution in [0, 0.1) is 0 Å². The summed E-state index contributed by atoms with van der Waals surface area (Å²) in [6, 6.07) is 0. The van der Waals surface area contributed by atoms with Crippen LogP contribution >= 0.6 is 7.82 Å². The molecule has 3 atom stereocenters. The summed E-state index contributed by atoms with van der Waals surface area (Å²) in [7, 11) is 1.37. The van der Waals surface area contributed by atoms with Crippen LogP contribution < -0.4 is 0 Å². The molecule has 0 rings (SSSR count). The molecule has 11 heteroatoms. The molecular weight excluding hydrogens is 765 g/mol. The molecule has 0 saturated heterocycles. The monoisotopic (exact) mass is 845 g/mol. The minimum absolute atomic E-state index is 0.000870. The summed E-state index contributed by atoms with van der Waals surface area (Å²) in [5, 5.41) is 9.74. The molecule has 0 fully saturated rings. The third-order valence-corrected chi connectivity index (χ3v) is 9.33. The van der Waals surface area contributed by atoms with Gasteiger partial charge >= 0.3 is 19.8 Å². The van der Waals surface area contributed by atoms with Gasteiger partial charge in [0, 0.05) is 12.8 Å². The number of aliphatic hydroxyl groups is 1. The third kappa shape index (κ3) is 42.6. The molecule has 59 heavy (non-hydrogen) atoms. The number of unbranched alkanes of at least 4 members (excludes halogenated alkanes) is 2. The lowest BCUT2D eigenvalue weighted by molar-refractivity contribution is -0.870. The topological polar surface area (TPSA) is 129 Å². The van der Waals surface area contributed by atoms with Crippen LogP contribution in [0.2, 0.25) is 0 Å². The molecule has 2 N–H and O–H groups in total. The van der Waals surface area contributed by atoms with Gasteiger partial charge in [-0.2, -0.15) is 0 Å². The maximum absolute atomic E-state index is 12.7. The molecule has 0 amide bonds. The first kappa shape index (κ1) is 55.6. The van der Waals surface area contributed by atoms with E-state index in [-0.39, 0.29) is 32.2 Å². The molecule has 2 unspecified atom stereocenters. The largest absolute Gasteiger partial charge is 0.472 e. The van der Waals surface area contributed by atoms with Crippen LogP contribution in [0.3, 0.4) is 0 Å². The summed E-state index contributed by atoms with van der Waals surface area (Å²) in [6.07, 6.45) is 49.3. The second-order valence-corrected chi connectivity index (χ2v) is 16.6. The van der Waals surface area contributed by atoms with E-state index < -0.39 is 32.5 Å². The molecule has 0 aliphatic rings. The zero-order valence-electron chi connectivity index (χ0n) is 37.0. The Morgan fingerprint density at radius 3 is 1.51 bits per heavy atom. The highest BCUT2D eigenvalue weighted by Gasteiger charge is 2.27. The van der Waals surface area contributed by atoms with E-state index in [4.69, 9.17) is 18.5 Å². The van der Waals surface area contributed by atoms with Gasteiger partial charge in [0.15, 0.2) is 6.10 Å². The third-order valence-electron chi connectivity index (χ3n) is 8.34. The summed E-state index contributed by atoms with van der Waals surface area (Å²) in [6.45, 7) is 3.93. The number of likely N-dealkylation sites (N-methyl/N-ethyl adjacent to an activating group) is 1. The van der Waals surface area contributed by atoms with Gasteiger partial charge in [0.05, 0.1) is 33.9 Å². The van der Waals surface area contributed by atoms with E-state index in [0.717, 1.165) is 70.6 Å². The second-order valence-electron chi connectivity index (χ2n) is 15.2. The van der Waals surface area contributed by atoms with Crippen LogP contribution in [0.25, 0.3) is 0 Å². The van der Waals surface area contributed by atoms with Crippen LogP contribution in [-0.4, -0.2) is 86.1 Å². The Labute approximate surface area is 358 Å². The number of nitrogens with zero attached hydrogens (tertiary/aromatic N) is 1. The van der Waals surface area contributed by atoms with Gasteiger partial charge in [-0.15, -0.1) is 0 Å². The van der Waals surface area contributed by atoms with Crippen LogP contribution in [0.15, 0.2) is 109 Å². The van der Waals surface area contributed by atoms with Gasteiger partial charge in [-0.05, 0) is 89.9 Å². The van der Waals surface area contributed by atoms with Crippen LogP contribution in [0.1, 0.15) is 123 Å². The average molecular weight is 845 g/mol. The molecule has 0 aromatic rings. The fourth-order valence-corrected chi connectivity index (χ4v) is 5.74. The highest BCUT2D eigenvalue weighted by atomic mass is 31.2. The van der Waals surface area contributed by atoms with Gasteiger partial charge in [0.2, 0.25) is 0 Å². The van der Waals surface area contributed by atoms with Crippen molar-refractivity contribution in [3.63, 3.8) is 0 Å². The van der Waals surface area contributed by atoms with Crippen molar-refractivity contribution >= 4 is 19.8 Å². The molecule has 0 saturated carbocycles. The van der Waals surface area contributed by atoms with Crippen molar-refractivity contribution in [2.75, 3.05) is 47.5 Å². The molecule has 0 spiro atoms. The number of carbonyl (C=O) groups excluding carboxylic acids is 2. The van der Waals surface area contributed by atoms with E-state index in [0.29, 0.717) is 36.7 Å². The van der Waals surface area contributed by atoms with Crippen molar-refractivity contribution in [2.24, 2.45) is 0 Å².